The van der Waals surface area contributed by atoms with Crippen LogP contribution in [-0.4, -0.2) is 79.0 Å². The number of carboxylic acids is 1. The number of amides is 1. The fourth-order valence-corrected chi connectivity index (χ4v) is 4.02. The molecule has 0 aliphatic heterocycles. The van der Waals surface area contributed by atoms with Gasteiger partial charge in [0.05, 0.1) is 27.2 Å². The van der Waals surface area contributed by atoms with E-state index in [0.29, 0.717) is 15.3 Å². The quantitative estimate of drug-likeness (QED) is 0.204. The summed E-state index contributed by atoms with van der Waals surface area (Å²) in [6.07, 6.45) is -4.89. The first-order valence-corrected chi connectivity index (χ1v) is 11.1. The zero-order chi connectivity index (χ0) is 27.1. The van der Waals surface area contributed by atoms with E-state index in [1.54, 1.807) is 0 Å². The third-order valence-electron chi connectivity index (χ3n) is 5.59. The first-order chi connectivity index (χ1) is 17.4. The van der Waals surface area contributed by atoms with Gasteiger partial charge in [0.15, 0.2) is 0 Å². The Morgan fingerprint density at radius 1 is 1.03 bits per heavy atom. The van der Waals surface area contributed by atoms with Crippen molar-refractivity contribution >= 4 is 69.8 Å². The molecule has 2 N–H and O–H groups in total. The van der Waals surface area contributed by atoms with Crippen LogP contribution >= 0.6 is 11.6 Å². The van der Waals surface area contributed by atoms with Crippen molar-refractivity contribution in [3.05, 3.63) is 87.9 Å². The molecule has 0 saturated carbocycles. The summed E-state index contributed by atoms with van der Waals surface area (Å²) in [5, 5.41) is 23.5. The van der Waals surface area contributed by atoms with Gasteiger partial charge in [0, 0.05) is 23.1 Å². The Bertz CT molecular complexity index is 1550. The number of carbonyl (C=O) groups excluding carboxylic acids is 2. The molecule has 13 heteroatoms. The van der Waals surface area contributed by atoms with Crippen molar-refractivity contribution in [3.63, 3.8) is 0 Å². The van der Waals surface area contributed by atoms with Crippen molar-refractivity contribution in [3.8, 4) is 11.3 Å². The van der Waals surface area contributed by atoms with Gasteiger partial charge in [-0.05, 0) is 49.4 Å². The molecule has 1 aromatic heterocycles. The van der Waals surface area contributed by atoms with Gasteiger partial charge in [0.2, 0.25) is 0 Å². The van der Waals surface area contributed by atoms with Crippen molar-refractivity contribution in [2.75, 3.05) is 6.54 Å². The topological polar surface area (TPSA) is 113 Å². The number of hydroxylamine groups is 2. The second-order valence-corrected chi connectivity index (χ2v) is 8.27. The first kappa shape index (κ1) is 29.3. The van der Waals surface area contributed by atoms with Crippen LogP contribution in [-0.2, 0) is 6.18 Å². The van der Waals surface area contributed by atoms with Gasteiger partial charge < -0.3 is 5.11 Å². The number of rotatable bonds is 5. The number of aromatic nitrogens is 2. The Morgan fingerprint density at radius 2 is 1.66 bits per heavy atom. The van der Waals surface area contributed by atoms with Crippen LogP contribution in [0.4, 0.5) is 13.2 Å². The van der Waals surface area contributed by atoms with E-state index in [2.05, 4.69) is 5.10 Å². The van der Waals surface area contributed by atoms with E-state index in [4.69, 9.17) is 16.7 Å². The molecular weight excluding hydrogens is 538 g/mol. The molecule has 0 spiro atoms. The SMILES string of the molecule is CCN(O)C(=O)c1ccc2c(-c3ccc(C(=O)O)cc3)nn(C(=O)c3c(Cl)cccc3C(F)(F)F)c2c1.[NaH]. The standard InChI is InChI=1S/C25H17ClF3N3O5.Na.H/c1-2-31(37)22(33)15-10-11-16-19(12-15)32(30-21(16)13-6-8-14(9-7-13)24(35)36)23(34)20-17(25(27,28)29)4-3-5-18(20)26;;/h3-12,37H,2H2,1H3,(H,35,36);;. The summed E-state index contributed by atoms with van der Waals surface area (Å²) >= 11 is 6.03. The number of nitrogens with zero attached hydrogens (tertiary/aromatic N) is 3. The zero-order valence-electron chi connectivity index (χ0n) is 19.0. The van der Waals surface area contributed by atoms with E-state index in [-0.39, 0.29) is 63.8 Å². The van der Waals surface area contributed by atoms with Gasteiger partial charge in [-0.15, -0.1) is 0 Å². The molecule has 4 rings (SSSR count). The van der Waals surface area contributed by atoms with E-state index in [1.807, 2.05) is 0 Å². The number of hydrogen-bond acceptors (Lipinski definition) is 5. The Kier molecular flexibility index (Phi) is 8.69. The summed E-state index contributed by atoms with van der Waals surface area (Å²) in [7, 11) is 0. The molecule has 0 radical (unpaired) electrons. The van der Waals surface area contributed by atoms with E-state index in [0.717, 1.165) is 18.2 Å². The number of halogens is 4. The molecular formula is C25H18ClF3N3NaO5. The maximum absolute atomic E-state index is 13.7. The van der Waals surface area contributed by atoms with Gasteiger partial charge in [-0.3, -0.25) is 14.8 Å². The molecule has 192 valence electrons. The molecule has 0 aliphatic carbocycles. The van der Waals surface area contributed by atoms with Gasteiger partial charge in [0.25, 0.3) is 11.8 Å². The fraction of sp³-hybridized carbons (Fsp3) is 0.120. The molecule has 0 aliphatic rings. The second kappa shape index (κ2) is 11.3. The number of benzene rings is 3. The predicted octanol–water partition coefficient (Wildman–Crippen LogP) is 4.97. The molecule has 4 aromatic rings. The van der Waals surface area contributed by atoms with Crippen molar-refractivity contribution in [1.82, 2.24) is 14.8 Å². The minimum absolute atomic E-state index is 0. The van der Waals surface area contributed by atoms with Gasteiger partial charge in [0.1, 0.15) is 5.69 Å². The van der Waals surface area contributed by atoms with Gasteiger partial charge in [-0.2, -0.15) is 23.0 Å². The first-order valence-electron chi connectivity index (χ1n) is 10.7. The fourth-order valence-electron chi connectivity index (χ4n) is 3.76. The number of aromatic carboxylic acids is 1. The molecule has 0 bridgehead atoms. The number of alkyl halides is 3. The molecule has 0 fully saturated rings. The summed E-state index contributed by atoms with van der Waals surface area (Å²) in [5.74, 6) is -3.16. The van der Waals surface area contributed by atoms with Gasteiger partial charge in [-0.1, -0.05) is 29.8 Å². The van der Waals surface area contributed by atoms with Crippen molar-refractivity contribution in [1.29, 1.82) is 0 Å². The summed E-state index contributed by atoms with van der Waals surface area (Å²) in [5.41, 5.74) is -1.66. The Morgan fingerprint density at radius 3 is 2.24 bits per heavy atom. The van der Waals surface area contributed by atoms with Gasteiger partial charge in [-0.25, -0.2) is 9.86 Å². The molecule has 8 nitrogen and oxygen atoms in total. The predicted molar refractivity (Wildman–Crippen MR) is 134 cm³/mol. The average molecular weight is 556 g/mol. The third-order valence-corrected chi connectivity index (χ3v) is 5.91. The average Bonchev–Trinajstić information content (AvgIpc) is 3.25. The van der Waals surface area contributed by atoms with Crippen molar-refractivity contribution < 1.29 is 37.9 Å². The van der Waals surface area contributed by atoms with Gasteiger partial charge >= 0.3 is 41.7 Å². The van der Waals surface area contributed by atoms with Crippen LogP contribution in [0.2, 0.25) is 5.02 Å². The molecule has 0 saturated heterocycles. The van der Waals surface area contributed by atoms with Crippen molar-refractivity contribution in [2.45, 2.75) is 13.1 Å². The van der Waals surface area contributed by atoms with Crippen LogP contribution in [0.5, 0.6) is 0 Å². The van der Waals surface area contributed by atoms with E-state index < -0.39 is 40.1 Å². The monoisotopic (exact) mass is 555 g/mol. The third kappa shape index (κ3) is 5.47. The summed E-state index contributed by atoms with van der Waals surface area (Å²) in [6, 6.07) is 12.4. The summed E-state index contributed by atoms with van der Waals surface area (Å²) in [6.45, 7) is 1.49. The molecule has 0 atom stereocenters. The summed E-state index contributed by atoms with van der Waals surface area (Å²) in [4.78, 5) is 37.2. The number of fused-ring (bicyclic) bond motifs is 1. The second-order valence-electron chi connectivity index (χ2n) is 7.86. The number of hydrogen-bond donors (Lipinski definition) is 2. The van der Waals surface area contributed by atoms with E-state index in [9.17, 15) is 32.8 Å². The molecule has 38 heavy (non-hydrogen) atoms. The minimum atomic E-state index is -4.89. The number of carboxylic acid groups (broad SMARTS) is 1. The van der Waals surface area contributed by atoms with Crippen LogP contribution in [0.15, 0.2) is 60.7 Å². The van der Waals surface area contributed by atoms with Crippen LogP contribution in [0.1, 0.15) is 43.6 Å². The number of carbonyl (C=O) groups is 3. The zero-order valence-corrected chi connectivity index (χ0v) is 19.7. The molecule has 3 aromatic carbocycles. The Balaban J connectivity index is 0.00000400. The van der Waals surface area contributed by atoms with E-state index in [1.165, 1.54) is 49.4 Å². The van der Waals surface area contributed by atoms with E-state index >= 15 is 0 Å². The molecule has 0 unspecified atom stereocenters. The molecule has 1 amide bonds. The summed E-state index contributed by atoms with van der Waals surface area (Å²) < 4.78 is 41.9. The van der Waals surface area contributed by atoms with Crippen LogP contribution in [0, 0.1) is 0 Å². The molecule has 1 heterocycles. The van der Waals surface area contributed by atoms with Crippen LogP contribution < -0.4 is 0 Å². The van der Waals surface area contributed by atoms with Crippen LogP contribution in [0.3, 0.4) is 0 Å². The maximum atomic E-state index is 13.7. The Labute approximate surface area is 240 Å². The normalized spacial score (nSPS) is 11.2. The van der Waals surface area contributed by atoms with Crippen LogP contribution in [0.25, 0.3) is 22.2 Å². The Hall–Kier alpha value is -3.22. The van der Waals surface area contributed by atoms with Crippen molar-refractivity contribution in [2.24, 2.45) is 0 Å².